The first-order valence-electron chi connectivity index (χ1n) is 11.0. The fourth-order valence-electron chi connectivity index (χ4n) is 4.09. The minimum Gasteiger partial charge on any atom is -0.455 e. The summed E-state index contributed by atoms with van der Waals surface area (Å²) in [5.41, 5.74) is 2.18. The van der Waals surface area contributed by atoms with E-state index < -0.39 is 15.9 Å². The first kappa shape index (κ1) is 22.3. The molecule has 1 aromatic heterocycles. The van der Waals surface area contributed by atoms with Crippen molar-refractivity contribution in [1.82, 2.24) is 9.62 Å². The normalized spacial score (nSPS) is 15.5. The molecular weight excluding hydrogens is 424 g/mol. The first-order chi connectivity index (χ1) is 15.4. The quantitative estimate of drug-likeness (QED) is 0.547. The second kappa shape index (κ2) is 9.71. The van der Waals surface area contributed by atoms with Gasteiger partial charge in [-0.1, -0.05) is 60.7 Å². The van der Waals surface area contributed by atoms with Gasteiger partial charge >= 0.3 is 0 Å². The lowest BCUT2D eigenvalue weighted by atomic mass is 9.99. The lowest BCUT2D eigenvalue weighted by molar-refractivity contribution is 0.0905. The van der Waals surface area contributed by atoms with Crippen LogP contribution in [0, 0.1) is 6.92 Å². The Balaban J connectivity index is 1.53. The molecule has 168 valence electrons. The molecule has 4 rings (SSSR count). The Morgan fingerprint density at radius 1 is 1.03 bits per heavy atom. The van der Waals surface area contributed by atoms with Crippen molar-refractivity contribution in [3.8, 4) is 0 Å². The van der Waals surface area contributed by atoms with Gasteiger partial charge in [-0.25, -0.2) is 8.42 Å². The monoisotopic (exact) mass is 452 g/mol. The van der Waals surface area contributed by atoms with Crippen LogP contribution >= 0.6 is 0 Å². The fraction of sp³-hybridized carbons (Fsp3) is 0.320. The van der Waals surface area contributed by atoms with Crippen LogP contribution < -0.4 is 5.32 Å². The molecule has 2 aromatic carbocycles. The zero-order chi connectivity index (χ0) is 22.6. The van der Waals surface area contributed by atoms with Crippen molar-refractivity contribution in [2.75, 3.05) is 13.1 Å². The second-order valence-electron chi connectivity index (χ2n) is 8.10. The molecular formula is C25H28N2O4S. The summed E-state index contributed by atoms with van der Waals surface area (Å²) in [7, 11) is -3.65. The minimum atomic E-state index is -3.65. The maximum Gasteiger partial charge on any atom is 0.287 e. The van der Waals surface area contributed by atoms with E-state index in [1.807, 2.05) is 48.5 Å². The van der Waals surface area contributed by atoms with Crippen molar-refractivity contribution in [2.45, 2.75) is 43.5 Å². The Hall–Kier alpha value is -2.90. The zero-order valence-electron chi connectivity index (χ0n) is 18.2. The smallest absolute Gasteiger partial charge is 0.287 e. The Bertz CT molecular complexity index is 1150. The molecule has 2 heterocycles. The van der Waals surface area contributed by atoms with Crippen LogP contribution in [0.4, 0.5) is 0 Å². The number of hydrogen-bond donors (Lipinski definition) is 1. The summed E-state index contributed by atoms with van der Waals surface area (Å²) in [5.74, 6) is -0.165. The number of sulfonamides is 1. The number of benzene rings is 2. The summed E-state index contributed by atoms with van der Waals surface area (Å²) in [6.07, 6.45) is 3.21. The van der Waals surface area contributed by atoms with Crippen LogP contribution in [0.3, 0.4) is 0 Å². The van der Waals surface area contributed by atoms with Crippen LogP contribution in [-0.2, 0) is 16.4 Å². The number of carbonyl (C=O) groups is 1. The van der Waals surface area contributed by atoms with Crippen LogP contribution in [0.2, 0.25) is 0 Å². The maximum atomic E-state index is 13.0. The van der Waals surface area contributed by atoms with E-state index in [1.54, 1.807) is 6.92 Å². The van der Waals surface area contributed by atoms with Gasteiger partial charge < -0.3 is 9.73 Å². The molecule has 1 saturated heterocycles. The molecule has 6 nitrogen and oxygen atoms in total. The van der Waals surface area contributed by atoms with E-state index in [-0.39, 0.29) is 22.5 Å². The third-order valence-corrected chi connectivity index (χ3v) is 7.86. The predicted octanol–water partition coefficient (Wildman–Crippen LogP) is 4.48. The van der Waals surface area contributed by atoms with Crippen LogP contribution in [0.5, 0.6) is 0 Å². The van der Waals surface area contributed by atoms with Crippen molar-refractivity contribution in [3.05, 3.63) is 89.4 Å². The largest absolute Gasteiger partial charge is 0.455 e. The van der Waals surface area contributed by atoms with Gasteiger partial charge in [-0.2, -0.15) is 4.31 Å². The molecule has 1 amide bonds. The SMILES string of the molecule is Cc1oc(C(=O)NC(CCc2ccccc2)c2ccccc2)cc1S(=O)(=O)N1CCCC1. The van der Waals surface area contributed by atoms with Gasteiger partial charge in [-0.05, 0) is 43.7 Å². The molecule has 1 N–H and O–H groups in total. The number of rotatable bonds is 8. The molecule has 0 aliphatic carbocycles. The molecule has 1 aliphatic heterocycles. The topological polar surface area (TPSA) is 79.6 Å². The highest BCUT2D eigenvalue weighted by Crippen LogP contribution is 2.27. The Morgan fingerprint density at radius 2 is 1.66 bits per heavy atom. The van der Waals surface area contributed by atoms with Gasteiger partial charge in [0, 0.05) is 19.2 Å². The standard InChI is InChI=1S/C25H28N2O4S/c1-19-24(32(29,30)27-16-8-9-17-27)18-23(31-19)25(28)26-22(21-12-6-3-7-13-21)15-14-20-10-4-2-5-11-20/h2-7,10-13,18,22H,8-9,14-17H2,1H3,(H,26,28). The van der Waals surface area contributed by atoms with Gasteiger partial charge in [0.2, 0.25) is 10.0 Å². The van der Waals surface area contributed by atoms with Gasteiger partial charge in [0.05, 0.1) is 6.04 Å². The van der Waals surface area contributed by atoms with Crippen LogP contribution in [0.15, 0.2) is 76.0 Å². The average Bonchev–Trinajstić information content (AvgIpc) is 3.49. The van der Waals surface area contributed by atoms with Crippen molar-refractivity contribution in [2.24, 2.45) is 0 Å². The Morgan fingerprint density at radius 3 is 2.31 bits per heavy atom. The van der Waals surface area contributed by atoms with E-state index in [0.717, 1.165) is 24.8 Å². The summed E-state index contributed by atoms with van der Waals surface area (Å²) in [6, 6.07) is 21.0. The van der Waals surface area contributed by atoms with Crippen LogP contribution in [-0.4, -0.2) is 31.7 Å². The predicted molar refractivity (Wildman–Crippen MR) is 123 cm³/mol. The number of nitrogens with one attached hydrogen (secondary N) is 1. The van der Waals surface area contributed by atoms with Crippen LogP contribution in [0.1, 0.15) is 52.7 Å². The third kappa shape index (κ3) is 4.95. The summed E-state index contributed by atoms with van der Waals surface area (Å²) in [4.78, 5) is 13.1. The van der Waals surface area contributed by atoms with E-state index in [1.165, 1.54) is 15.9 Å². The number of carbonyl (C=O) groups excluding carboxylic acids is 1. The van der Waals surface area contributed by atoms with Crippen molar-refractivity contribution in [1.29, 1.82) is 0 Å². The highest BCUT2D eigenvalue weighted by Gasteiger charge is 2.32. The van der Waals surface area contributed by atoms with E-state index in [4.69, 9.17) is 4.42 Å². The summed E-state index contributed by atoms with van der Waals surface area (Å²) in [5, 5.41) is 3.04. The number of nitrogens with zero attached hydrogens (tertiary/aromatic N) is 1. The molecule has 1 aliphatic rings. The molecule has 0 saturated carbocycles. The van der Waals surface area contributed by atoms with Gasteiger partial charge in [0.15, 0.2) is 5.76 Å². The second-order valence-corrected chi connectivity index (χ2v) is 10.0. The van der Waals surface area contributed by atoms with Gasteiger partial charge in [0.1, 0.15) is 10.7 Å². The van der Waals surface area contributed by atoms with E-state index >= 15 is 0 Å². The molecule has 0 radical (unpaired) electrons. The van der Waals surface area contributed by atoms with Gasteiger partial charge in [0.25, 0.3) is 5.91 Å². The first-order valence-corrected chi connectivity index (χ1v) is 12.4. The number of furan rings is 1. The van der Waals surface area contributed by atoms with Crippen molar-refractivity contribution >= 4 is 15.9 Å². The van der Waals surface area contributed by atoms with E-state index in [0.29, 0.717) is 19.5 Å². The zero-order valence-corrected chi connectivity index (χ0v) is 19.0. The molecule has 32 heavy (non-hydrogen) atoms. The maximum absolute atomic E-state index is 13.0. The molecule has 1 fully saturated rings. The third-order valence-electron chi connectivity index (χ3n) is 5.85. The molecule has 7 heteroatoms. The van der Waals surface area contributed by atoms with Crippen LogP contribution in [0.25, 0.3) is 0 Å². The van der Waals surface area contributed by atoms with E-state index in [2.05, 4.69) is 17.4 Å². The van der Waals surface area contributed by atoms with E-state index in [9.17, 15) is 13.2 Å². The van der Waals surface area contributed by atoms with Gasteiger partial charge in [-0.15, -0.1) is 0 Å². The summed E-state index contributed by atoms with van der Waals surface area (Å²) < 4.78 is 32.9. The van der Waals surface area contributed by atoms with Crippen molar-refractivity contribution < 1.29 is 17.6 Å². The molecule has 0 spiro atoms. The molecule has 0 bridgehead atoms. The fourth-order valence-corrected chi connectivity index (χ4v) is 5.77. The highest BCUT2D eigenvalue weighted by atomic mass is 32.2. The summed E-state index contributed by atoms with van der Waals surface area (Å²) >= 11 is 0. The Kier molecular flexibility index (Phi) is 6.77. The van der Waals surface area contributed by atoms with Crippen molar-refractivity contribution in [3.63, 3.8) is 0 Å². The number of hydrogen-bond acceptors (Lipinski definition) is 4. The summed E-state index contributed by atoms with van der Waals surface area (Å²) in [6.45, 7) is 2.60. The lowest BCUT2D eigenvalue weighted by Gasteiger charge is -2.19. The average molecular weight is 453 g/mol. The highest BCUT2D eigenvalue weighted by molar-refractivity contribution is 7.89. The lowest BCUT2D eigenvalue weighted by Crippen LogP contribution is -2.29. The molecule has 1 atom stereocenters. The van der Waals surface area contributed by atoms with Gasteiger partial charge in [-0.3, -0.25) is 4.79 Å². The Labute approximate surface area is 189 Å². The molecule has 1 unspecified atom stereocenters. The number of amides is 1. The molecule has 3 aromatic rings. The minimum absolute atomic E-state index is 0.0147. The number of aryl methyl sites for hydroxylation is 2.